The molecule has 78 valence electrons. The molecule has 0 aliphatic carbocycles. The first-order valence-corrected chi connectivity index (χ1v) is 6.42. The Kier molecular flexibility index (Phi) is 3.70. The van der Waals surface area contributed by atoms with Crippen LogP contribution in [0, 0.1) is 0 Å². The lowest BCUT2D eigenvalue weighted by Crippen LogP contribution is -2.33. The van der Waals surface area contributed by atoms with Crippen LogP contribution in [0.5, 0.6) is 0 Å². The molecule has 0 spiro atoms. The van der Waals surface area contributed by atoms with E-state index in [1.54, 1.807) is 6.92 Å². The third-order valence-corrected chi connectivity index (χ3v) is 3.89. The van der Waals surface area contributed by atoms with Gasteiger partial charge in [-0.25, -0.2) is 8.42 Å². The number of aliphatic hydroxyl groups excluding tert-OH is 1. The minimum atomic E-state index is -2.81. The maximum absolute atomic E-state index is 11.2. The number of sulfone groups is 1. The first-order valence-electron chi connectivity index (χ1n) is 4.60. The molecular weight excluding hydrogens is 190 g/mol. The molecule has 1 rings (SSSR count). The molecule has 0 aromatic carbocycles. The zero-order valence-corrected chi connectivity index (χ0v) is 8.76. The lowest BCUT2D eigenvalue weighted by atomic mass is 10.3. The van der Waals surface area contributed by atoms with Gasteiger partial charge in [0.05, 0.1) is 17.6 Å². The molecular formula is C8H17NO3S. The molecule has 1 N–H and O–H groups in total. The monoisotopic (exact) mass is 207 g/mol. The van der Waals surface area contributed by atoms with E-state index < -0.39 is 9.84 Å². The molecule has 0 aromatic heterocycles. The van der Waals surface area contributed by atoms with Crippen molar-refractivity contribution in [1.29, 1.82) is 0 Å². The molecule has 13 heavy (non-hydrogen) atoms. The van der Waals surface area contributed by atoms with Crippen molar-refractivity contribution in [2.24, 2.45) is 0 Å². The lowest BCUT2D eigenvalue weighted by Gasteiger charge is -2.20. The van der Waals surface area contributed by atoms with Crippen molar-refractivity contribution in [3.05, 3.63) is 0 Å². The van der Waals surface area contributed by atoms with Crippen LogP contribution in [0.1, 0.15) is 13.3 Å². The zero-order valence-electron chi connectivity index (χ0n) is 7.94. The third-order valence-electron chi connectivity index (χ3n) is 2.17. The van der Waals surface area contributed by atoms with Crippen LogP contribution in [0.2, 0.25) is 0 Å². The molecule has 1 atom stereocenters. The van der Waals surface area contributed by atoms with Crippen molar-refractivity contribution in [1.82, 2.24) is 4.90 Å². The summed E-state index contributed by atoms with van der Waals surface area (Å²) in [4.78, 5) is 2.01. The van der Waals surface area contributed by atoms with Gasteiger partial charge in [-0.3, -0.25) is 4.90 Å². The number of hydrogen-bond acceptors (Lipinski definition) is 4. The minimum Gasteiger partial charge on any atom is -0.392 e. The summed E-state index contributed by atoms with van der Waals surface area (Å²) in [6.45, 7) is 3.65. The van der Waals surface area contributed by atoms with Crippen molar-refractivity contribution >= 4 is 9.84 Å². The van der Waals surface area contributed by atoms with E-state index in [4.69, 9.17) is 5.11 Å². The fourth-order valence-corrected chi connectivity index (χ4v) is 2.86. The molecule has 1 fully saturated rings. The summed E-state index contributed by atoms with van der Waals surface area (Å²) in [6.07, 6.45) is 0.315. The number of rotatable bonds is 2. The Morgan fingerprint density at radius 3 is 2.69 bits per heavy atom. The summed E-state index contributed by atoms with van der Waals surface area (Å²) in [5, 5.41) is 9.14. The van der Waals surface area contributed by atoms with Gasteiger partial charge in [-0.15, -0.1) is 0 Å². The lowest BCUT2D eigenvalue weighted by molar-refractivity contribution is 0.131. The van der Waals surface area contributed by atoms with Gasteiger partial charge in [-0.2, -0.15) is 0 Å². The quantitative estimate of drug-likeness (QED) is 0.662. The molecule has 1 aliphatic rings. The first kappa shape index (κ1) is 10.9. The zero-order chi connectivity index (χ0) is 9.90. The van der Waals surface area contributed by atoms with Crippen LogP contribution in [-0.4, -0.2) is 55.7 Å². The van der Waals surface area contributed by atoms with E-state index in [0.29, 0.717) is 25.3 Å². The van der Waals surface area contributed by atoms with Crippen molar-refractivity contribution in [2.75, 3.05) is 31.1 Å². The van der Waals surface area contributed by atoms with Gasteiger partial charge in [-0.1, -0.05) is 0 Å². The number of aliphatic hydroxyl groups is 1. The third kappa shape index (κ3) is 4.06. The standard InChI is InChI=1S/C8H17NO3S/c1-8(10)7-9-3-2-5-13(11,12)6-4-9/h8,10H,2-7H2,1H3. The predicted molar refractivity (Wildman–Crippen MR) is 51.4 cm³/mol. The smallest absolute Gasteiger partial charge is 0.151 e. The fourth-order valence-electron chi connectivity index (χ4n) is 1.55. The van der Waals surface area contributed by atoms with Crippen LogP contribution in [0.3, 0.4) is 0 Å². The highest BCUT2D eigenvalue weighted by atomic mass is 32.2. The van der Waals surface area contributed by atoms with Gasteiger partial charge in [0.15, 0.2) is 9.84 Å². The Balaban J connectivity index is 2.45. The Morgan fingerprint density at radius 1 is 1.38 bits per heavy atom. The topological polar surface area (TPSA) is 57.6 Å². The molecule has 1 heterocycles. The fraction of sp³-hybridized carbons (Fsp3) is 1.00. The van der Waals surface area contributed by atoms with E-state index in [-0.39, 0.29) is 11.9 Å². The molecule has 0 bridgehead atoms. The SMILES string of the molecule is CC(O)CN1CCCS(=O)(=O)CC1. The van der Waals surface area contributed by atoms with Crippen LogP contribution in [-0.2, 0) is 9.84 Å². The molecule has 0 amide bonds. The molecule has 0 saturated carbocycles. The summed E-state index contributed by atoms with van der Waals surface area (Å²) in [5.74, 6) is 0.531. The second-order valence-corrected chi connectivity index (χ2v) is 5.96. The van der Waals surface area contributed by atoms with Gasteiger partial charge in [0, 0.05) is 13.1 Å². The van der Waals surface area contributed by atoms with Gasteiger partial charge < -0.3 is 5.11 Å². The normalized spacial score (nSPS) is 26.6. The van der Waals surface area contributed by atoms with Crippen LogP contribution in [0.15, 0.2) is 0 Å². The van der Waals surface area contributed by atoms with Gasteiger partial charge in [0.25, 0.3) is 0 Å². The van der Waals surface area contributed by atoms with Crippen LogP contribution < -0.4 is 0 Å². The van der Waals surface area contributed by atoms with Gasteiger partial charge in [0.2, 0.25) is 0 Å². The van der Waals surface area contributed by atoms with E-state index in [1.165, 1.54) is 0 Å². The number of nitrogens with zero attached hydrogens (tertiary/aromatic N) is 1. The molecule has 4 nitrogen and oxygen atoms in total. The predicted octanol–water partition coefficient (Wildman–Crippen LogP) is -0.512. The van der Waals surface area contributed by atoms with Crippen LogP contribution >= 0.6 is 0 Å². The average Bonchev–Trinajstić information content (AvgIpc) is 2.12. The van der Waals surface area contributed by atoms with Crippen molar-refractivity contribution in [3.63, 3.8) is 0 Å². The van der Waals surface area contributed by atoms with Crippen molar-refractivity contribution < 1.29 is 13.5 Å². The maximum atomic E-state index is 11.2. The maximum Gasteiger partial charge on any atom is 0.151 e. The molecule has 1 saturated heterocycles. The summed E-state index contributed by atoms with van der Waals surface area (Å²) in [6, 6.07) is 0. The van der Waals surface area contributed by atoms with E-state index >= 15 is 0 Å². The van der Waals surface area contributed by atoms with E-state index in [0.717, 1.165) is 6.54 Å². The number of hydrogen-bond donors (Lipinski definition) is 1. The Labute approximate surface area is 79.5 Å². The van der Waals surface area contributed by atoms with Gasteiger partial charge >= 0.3 is 0 Å². The highest BCUT2D eigenvalue weighted by Crippen LogP contribution is 2.05. The largest absolute Gasteiger partial charge is 0.392 e. The van der Waals surface area contributed by atoms with Gasteiger partial charge in [-0.05, 0) is 19.9 Å². The van der Waals surface area contributed by atoms with E-state index in [1.807, 2.05) is 4.90 Å². The van der Waals surface area contributed by atoms with Crippen molar-refractivity contribution in [3.8, 4) is 0 Å². The van der Waals surface area contributed by atoms with Crippen LogP contribution in [0.4, 0.5) is 0 Å². The number of β-amino-alcohol motifs (C(OH)–C–C–N with tert-alkyl or cyclic N) is 1. The molecule has 1 unspecified atom stereocenters. The summed E-state index contributed by atoms with van der Waals surface area (Å²) >= 11 is 0. The molecule has 1 aliphatic heterocycles. The van der Waals surface area contributed by atoms with Gasteiger partial charge in [0.1, 0.15) is 0 Å². The molecule has 0 radical (unpaired) electrons. The van der Waals surface area contributed by atoms with E-state index in [2.05, 4.69) is 0 Å². The molecule has 5 heteroatoms. The summed E-state index contributed by atoms with van der Waals surface area (Å²) in [7, 11) is -2.81. The van der Waals surface area contributed by atoms with Crippen LogP contribution in [0.25, 0.3) is 0 Å². The highest BCUT2D eigenvalue weighted by molar-refractivity contribution is 7.91. The minimum absolute atomic E-state index is 0.236. The summed E-state index contributed by atoms with van der Waals surface area (Å²) in [5.41, 5.74) is 0. The van der Waals surface area contributed by atoms with Crippen molar-refractivity contribution in [2.45, 2.75) is 19.4 Å². The first-order chi connectivity index (χ1) is 5.99. The second kappa shape index (κ2) is 4.39. The summed E-state index contributed by atoms with van der Waals surface area (Å²) < 4.78 is 22.4. The Hall–Kier alpha value is -0.130. The Morgan fingerprint density at radius 2 is 2.08 bits per heavy atom. The molecule has 0 aromatic rings. The average molecular weight is 207 g/mol. The Bertz CT molecular complexity index is 248. The van der Waals surface area contributed by atoms with E-state index in [9.17, 15) is 8.42 Å². The second-order valence-electron chi connectivity index (χ2n) is 3.66. The highest BCUT2D eigenvalue weighted by Gasteiger charge is 2.19.